The average Bonchev–Trinajstić information content (AvgIpc) is 3.03. The number of aryl methyl sites for hydroxylation is 1. The molecule has 0 aliphatic rings. The highest BCUT2D eigenvalue weighted by atomic mass is 16.8. The van der Waals surface area contributed by atoms with E-state index in [1.54, 1.807) is 37.3 Å². The van der Waals surface area contributed by atoms with Gasteiger partial charge in [-0.15, -0.1) is 0 Å². The zero-order chi connectivity index (χ0) is 20.1. The highest BCUT2D eigenvalue weighted by molar-refractivity contribution is 5.90. The minimum absolute atomic E-state index is 0.0525. The number of nitriles is 1. The molecule has 0 aliphatic heterocycles. The molecule has 3 rings (SSSR count). The van der Waals surface area contributed by atoms with E-state index in [0.717, 1.165) is 0 Å². The maximum atomic E-state index is 11.5. The number of nitro benzene ring substituents is 1. The molecule has 9 nitrogen and oxygen atoms in total. The lowest BCUT2D eigenvalue weighted by Gasteiger charge is -2.08. The number of ether oxygens (including phenoxy) is 1. The summed E-state index contributed by atoms with van der Waals surface area (Å²) < 4.78 is 10.2. The smallest absolute Gasteiger partial charge is 0.269 e. The van der Waals surface area contributed by atoms with Crippen molar-refractivity contribution in [1.29, 1.82) is 5.26 Å². The summed E-state index contributed by atoms with van der Waals surface area (Å²) in [6.45, 7) is 1.58. The normalized spacial score (nSPS) is 11.1. The largest absolute Gasteiger partial charge is 0.484 e. The summed E-state index contributed by atoms with van der Waals surface area (Å²) in [4.78, 5) is 10.6. The lowest BCUT2D eigenvalue weighted by Crippen LogP contribution is -2.29. The molecule has 3 aromatic rings. The number of benzene rings is 2. The van der Waals surface area contributed by atoms with Crippen LogP contribution >= 0.6 is 0 Å². The fourth-order valence-electron chi connectivity index (χ4n) is 2.47. The van der Waals surface area contributed by atoms with E-state index < -0.39 is 4.92 Å². The zero-order valence-corrected chi connectivity index (χ0v) is 14.7. The van der Waals surface area contributed by atoms with Crippen molar-refractivity contribution in [2.45, 2.75) is 13.5 Å². The topological polar surface area (TPSA) is 129 Å². The summed E-state index contributed by atoms with van der Waals surface area (Å²) in [6.07, 6.45) is 1.61. The summed E-state index contributed by atoms with van der Waals surface area (Å²) >= 11 is 0. The van der Waals surface area contributed by atoms with E-state index in [9.17, 15) is 20.6 Å². The van der Waals surface area contributed by atoms with E-state index in [1.807, 2.05) is 0 Å². The van der Waals surface area contributed by atoms with Crippen molar-refractivity contribution < 1.29 is 19.2 Å². The SMILES string of the molecule is Cc1no[n+]([O-])c1COc1ccccc1C=C(C#N)c1ccc([N+](=O)[O-])cc1. The van der Waals surface area contributed by atoms with Crippen molar-refractivity contribution in [1.82, 2.24) is 5.16 Å². The molecule has 0 spiro atoms. The zero-order valence-electron chi connectivity index (χ0n) is 14.7. The first-order chi connectivity index (χ1) is 13.5. The minimum atomic E-state index is -0.502. The van der Waals surface area contributed by atoms with Gasteiger partial charge in [0.2, 0.25) is 11.4 Å². The predicted octanol–water partition coefficient (Wildman–Crippen LogP) is 3.17. The second-order valence-electron chi connectivity index (χ2n) is 5.76. The second-order valence-corrected chi connectivity index (χ2v) is 5.76. The molecule has 1 heterocycles. The number of non-ortho nitro benzene ring substituents is 1. The standard InChI is InChI=1S/C19H14N4O5/c1-13-18(23(26)28-21-13)12-27-19-5-3-2-4-15(19)10-16(11-20)14-6-8-17(9-7-14)22(24)25/h2-10H,12H2,1H3. The Morgan fingerprint density at radius 2 is 2.04 bits per heavy atom. The van der Waals surface area contributed by atoms with Crippen molar-refractivity contribution in [3.8, 4) is 11.8 Å². The summed E-state index contributed by atoms with van der Waals surface area (Å²) in [5.74, 6) is 0.456. The van der Waals surface area contributed by atoms with Crippen molar-refractivity contribution in [2.75, 3.05) is 0 Å². The number of allylic oxidation sites excluding steroid dienone is 1. The first-order valence-electron chi connectivity index (χ1n) is 8.13. The Bertz CT molecular complexity index is 1060. The van der Waals surface area contributed by atoms with E-state index in [0.29, 0.717) is 28.1 Å². The van der Waals surface area contributed by atoms with Gasteiger partial charge in [-0.1, -0.05) is 18.2 Å². The van der Waals surface area contributed by atoms with Gasteiger partial charge in [0.15, 0.2) is 6.61 Å². The van der Waals surface area contributed by atoms with Crippen LogP contribution in [0.4, 0.5) is 5.69 Å². The van der Waals surface area contributed by atoms with Crippen molar-refractivity contribution >= 4 is 17.3 Å². The van der Waals surface area contributed by atoms with Crippen molar-refractivity contribution in [3.05, 3.63) is 86.4 Å². The molecule has 0 fully saturated rings. The molecule has 0 bridgehead atoms. The second kappa shape index (κ2) is 8.01. The quantitative estimate of drug-likeness (QED) is 0.212. The lowest BCUT2D eigenvalue weighted by atomic mass is 10.0. The summed E-state index contributed by atoms with van der Waals surface area (Å²) in [7, 11) is 0. The fraction of sp³-hybridized carbons (Fsp3) is 0.105. The molecule has 140 valence electrons. The molecule has 0 saturated heterocycles. The number of rotatable bonds is 6. The molecular weight excluding hydrogens is 364 g/mol. The highest BCUT2D eigenvalue weighted by Gasteiger charge is 2.16. The Morgan fingerprint density at radius 3 is 2.64 bits per heavy atom. The van der Waals surface area contributed by atoms with Crippen LogP contribution in [0.25, 0.3) is 11.6 Å². The van der Waals surface area contributed by atoms with E-state index in [-0.39, 0.29) is 22.9 Å². The van der Waals surface area contributed by atoms with E-state index in [1.165, 1.54) is 24.3 Å². The molecule has 1 aromatic heterocycles. The molecule has 0 amide bonds. The fourth-order valence-corrected chi connectivity index (χ4v) is 2.47. The van der Waals surface area contributed by atoms with Crippen molar-refractivity contribution in [3.63, 3.8) is 0 Å². The van der Waals surface area contributed by atoms with Crippen LogP contribution in [0.5, 0.6) is 5.75 Å². The molecular formula is C19H14N4O5. The van der Waals surface area contributed by atoms with Gasteiger partial charge in [-0.25, -0.2) is 0 Å². The third-order valence-electron chi connectivity index (χ3n) is 3.98. The third kappa shape index (κ3) is 3.96. The maximum Gasteiger partial charge on any atom is 0.269 e. The first kappa shape index (κ1) is 18.6. The molecule has 0 N–H and O–H groups in total. The molecule has 2 aromatic carbocycles. The molecule has 0 unspecified atom stereocenters. The van der Waals surface area contributed by atoms with Gasteiger partial charge in [-0.05, 0) is 34.7 Å². The number of hydrogen-bond acceptors (Lipinski definition) is 7. The van der Waals surface area contributed by atoms with Gasteiger partial charge in [-0.3, -0.25) is 14.7 Å². The number of aromatic nitrogens is 2. The predicted molar refractivity (Wildman–Crippen MR) is 97.6 cm³/mol. The Morgan fingerprint density at radius 1 is 1.32 bits per heavy atom. The van der Waals surface area contributed by atoms with Gasteiger partial charge in [0.1, 0.15) is 5.75 Å². The highest BCUT2D eigenvalue weighted by Crippen LogP contribution is 2.26. The average molecular weight is 378 g/mol. The van der Waals surface area contributed by atoms with Crippen LogP contribution in [0.15, 0.2) is 53.2 Å². The Balaban J connectivity index is 1.88. The van der Waals surface area contributed by atoms with E-state index in [2.05, 4.69) is 15.9 Å². The molecule has 0 aliphatic carbocycles. The molecule has 0 atom stereocenters. The summed E-state index contributed by atoms with van der Waals surface area (Å²) in [5.41, 5.74) is 2.08. The van der Waals surface area contributed by atoms with Crippen LogP contribution < -0.4 is 9.64 Å². The van der Waals surface area contributed by atoms with Crippen LogP contribution in [0.3, 0.4) is 0 Å². The van der Waals surface area contributed by atoms with Gasteiger partial charge >= 0.3 is 0 Å². The number of nitro groups is 1. The van der Waals surface area contributed by atoms with Crippen LogP contribution in [0.2, 0.25) is 0 Å². The van der Waals surface area contributed by atoms with Gasteiger partial charge < -0.3 is 9.94 Å². The summed E-state index contributed by atoms with van der Waals surface area (Å²) in [6, 6.07) is 14.8. The van der Waals surface area contributed by atoms with Crippen LogP contribution in [-0.4, -0.2) is 10.1 Å². The first-order valence-corrected chi connectivity index (χ1v) is 8.13. The number of para-hydroxylation sites is 1. The van der Waals surface area contributed by atoms with Crippen molar-refractivity contribution in [2.24, 2.45) is 0 Å². The van der Waals surface area contributed by atoms with E-state index >= 15 is 0 Å². The number of nitrogens with zero attached hydrogens (tertiary/aromatic N) is 4. The van der Waals surface area contributed by atoms with Gasteiger partial charge in [0.05, 0.1) is 16.6 Å². The Kier molecular flexibility index (Phi) is 5.32. The third-order valence-corrected chi connectivity index (χ3v) is 3.98. The van der Waals surface area contributed by atoms with Gasteiger partial charge in [0, 0.05) is 29.8 Å². The summed E-state index contributed by atoms with van der Waals surface area (Å²) in [5, 5.41) is 35.4. The monoisotopic (exact) mass is 378 g/mol. The van der Waals surface area contributed by atoms with Gasteiger partial charge in [-0.2, -0.15) is 5.26 Å². The minimum Gasteiger partial charge on any atom is -0.484 e. The Hall–Kier alpha value is -4.19. The Labute approximate surface area is 159 Å². The lowest BCUT2D eigenvalue weighted by molar-refractivity contribution is -0.808. The van der Waals surface area contributed by atoms with Crippen LogP contribution in [0, 0.1) is 33.6 Å². The van der Waals surface area contributed by atoms with Crippen LogP contribution in [0.1, 0.15) is 22.5 Å². The van der Waals surface area contributed by atoms with Crippen LogP contribution in [-0.2, 0) is 6.61 Å². The molecule has 28 heavy (non-hydrogen) atoms. The maximum absolute atomic E-state index is 11.5. The molecule has 0 saturated carbocycles. The molecule has 9 heteroatoms. The molecule has 0 radical (unpaired) electrons. The van der Waals surface area contributed by atoms with E-state index in [4.69, 9.17) is 4.74 Å². The van der Waals surface area contributed by atoms with Gasteiger partial charge in [0.25, 0.3) is 5.69 Å². The number of hydrogen-bond donors (Lipinski definition) is 0.